The first-order valence-corrected chi connectivity index (χ1v) is 6.56. The minimum atomic E-state index is 0.585. The van der Waals surface area contributed by atoms with E-state index in [0.717, 1.165) is 11.3 Å². The quantitative estimate of drug-likeness (QED) is 0.553. The molecule has 0 aromatic carbocycles. The molecule has 100 valence electrons. The monoisotopic (exact) mass is 276 g/mol. The molecule has 0 saturated heterocycles. The van der Waals surface area contributed by atoms with Gasteiger partial charge in [-0.25, -0.2) is 9.55 Å². The second-order valence-electron chi connectivity index (χ2n) is 4.51. The predicted octanol–water partition coefficient (Wildman–Crippen LogP) is 0.906. The van der Waals surface area contributed by atoms with Crippen LogP contribution in [0.5, 0.6) is 0 Å². The molecule has 0 amide bonds. The Morgan fingerprint density at radius 3 is 2.14 bits per heavy atom. The Balaban J connectivity index is 2.00. The first-order valence-electron chi connectivity index (χ1n) is 6.56. The molecular weight excluding hydrogens is 264 g/mol. The van der Waals surface area contributed by atoms with Gasteiger partial charge in [-0.3, -0.25) is 0 Å². The molecule has 0 aliphatic heterocycles. The van der Waals surface area contributed by atoms with Crippen molar-refractivity contribution in [2.75, 3.05) is 0 Å². The van der Waals surface area contributed by atoms with E-state index < -0.39 is 0 Å². The summed E-state index contributed by atoms with van der Waals surface area (Å²) in [6.07, 6.45) is 9.34. The van der Waals surface area contributed by atoms with Crippen LogP contribution >= 0.6 is 0 Å². The summed E-state index contributed by atoms with van der Waals surface area (Å²) in [6, 6.07) is 11.7. The first kappa shape index (κ1) is 11.7. The minimum Gasteiger partial charge on any atom is -0.335 e. The van der Waals surface area contributed by atoms with Crippen molar-refractivity contribution in [3.63, 3.8) is 0 Å². The second kappa shape index (κ2) is 4.75. The van der Waals surface area contributed by atoms with E-state index in [1.807, 2.05) is 70.3 Å². The summed E-state index contributed by atoms with van der Waals surface area (Å²) in [7, 11) is 0. The third kappa shape index (κ3) is 2.02. The lowest BCUT2D eigenvalue weighted by atomic mass is 10.4. The van der Waals surface area contributed by atoms with Crippen LogP contribution in [0.4, 0.5) is 0 Å². The highest BCUT2D eigenvalue weighted by Crippen LogP contribution is 2.11. The maximum Gasteiger partial charge on any atom is 0.479 e. The van der Waals surface area contributed by atoms with E-state index in [9.17, 15) is 0 Å². The number of hydrogen-bond acceptors (Lipinski definition) is 3. The fourth-order valence-corrected chi connectivity index (χ4v) is 2.18. The van der Waals surface area contributed by atoms with Gasteiger partial charge in [0.15, 0.2) is 5.52 Å². The maximum atomic E-state index is 4.66. The number of rotatable bonds is 2. The molecule has 4 aromatic heterocycles. The van der Waals surface area contributed by atoms with Crippen molar-refractivity contribution in [3.8, 4) is 11.8 Å². The van der Waals surface area contributed by atoms with E-state index >= 15 is 0 Å². The van der Waals surface area contributed by atoms with Gasteiger partial charge < -0.3 is 4.98 Å². The van der Waals surface area contributed by atoms with Gasteiger partial charge in [0.05, 0.1) is 31.1 Å². The Bertz CT molecular complexity index is 886. The van der Waals surface area contributed by atoms with Gasteiger partial charge in [0.2, 0.25) is 0 Å². The van der Waals surface area contributed by atoms with Gasteiger partial charge in [-0.05, 0) is 29.2 Å². The van der Waals surface area contributed by atoms with Gasteiger partial charge in [-0.2, -0.15) is 4.57 Å². The lowest BCUT2D eigenvalue weighted by Crippen LogP contribution is -2.36. The molecule has 1 N–H and O–H groups in total. The summed E-state index contributed by atoms with van der Waals surface area (Å²) in [4.78, 5) is 16.5. The highest BCUT2D eigenvalue weighted by atomic mass is 15.2. The fourth-order valence-electron chi connectivity index (χ4n) is 2.18. The molecule has 0 aliphatic carbocycles. The van der Waals surface area contributed by atoms with Crippen molar-refractivity contribution in [1.82, 2.24) is 19.9 Å². The SMILES string of the molecule is c1cc[n+](-c2nc(-[n+]3ccccc3)c3[nH]cnc3n2)cc1. The maximum absolute atomic E-state index is 4.66. The van der Waals surface area contributed by atoms with Crippen LogP contribution < -0.4 is 9.13 Å². The molecule has 0 bridgehead atoms. The summed E-state index contributed by atoms with van der Waals surface area (Å²) >= 11 is 0. The standard InChI is InChI=1S/C15H12N6/c1-3-7-20(8-4-1)14-12-13(17-11-16-12)18-15(19-14)21-9-5-2-6-10-21/h1-11H,(H,16,17,18,19)/q+2. The van der Waals surface area contributed by atoms with Gasteiger partial charge in [-0.1, -0.05) is 12.1 Å². The van der Waals surface area contributed by atoms with Gasteiger partial charge in [0, 0.05) is 4.98 Å². The smallest absolute Gasteiger partial charge is 0.335 e. The average Bonchev–Trinajstić information content (AvgIpc) is 3.04. The van der Waals surface area contributed by atoms with Gasteiger partial charge in [0.25, 0.3) is 5.65 Å². The second-order valence-corrected chi connectivity index (χ2v) is 4.51. The molecule has 0 saturated carbocycles. The van der Waals surface area contributed by atoms with Crippen LogP contribution in [0.25, 0.3) is 22.9 Å². The third-order valence-corrected chi connectivity index (χ3v) is 3.16. The molecule has 4 aromatic rings. The molecule has 0 radical (unpaired) electrons. The highest BCUT2D eigenvalue weighted by molar-refractivity contribution is 5.75. The predicted molar refractivity (Wildman–Crippen MR) is 74.7 cm³/mol. The molecule has 6 heteroatoms. The highest BCUT2D eigenvalue weighted by Gasteiger charge is 2.24. The largest absolute Gasteiger partial charge is 0.479 e. The van der Waals surface area contributed by atoms with Gasteiger partial charge >= 0.3 is 11.8 Å². The molecule has 0 spiro atoms. The molecule has 0 fully saturated rings. The lowest BCUT2D eigenvalue weighted by molar-refractivity contribution is -0.613. The molecular formula is C15H12N6+2. The number of imidazole rings is 1. The van der Waals surface area contributed by atoms with Crippen molar-refractivity contribution < 1.29 is 9.13 Å². The number of hydrogen-bond donors (Lipinski definition) is 1. The Labute approximate surface area is 120 Å². The zero-order chi connectivity index (χ0) is 14.1. The Morgan fingerprint density at radius 1 is 0.762 bits per heavy atom. The Morgan fingerprint density at radius 2 is 1.43 bits per heavy atom. The van der Waals surface area contributed by atoms with E-state index in [4.69, 9.17) is 0 Å². The summed E-state index contributed by atoms with van der Waals surface area (Å²) in [5, 5.41) is 0. The summed E-state index contributed by atoms with van der Waals surface area (Å²) in [5.41, 5.74) is 1.45. The normalized spacial score (nSPS) is 10.9. The average molecular weight is 276 g/mol. The van der Waals surface area contributed by atoms with E-state index in [1.54, 1.807) is 6.33 Å². The van der Waals surface area contributed by atoms with Crippen LogP contribution in [-0.2, 0) is 0 Å². The van der Waals surface area contributed by atoms with Crippen molar-refractivity contribution in [2.24, 2.45) is 0 Å². The molecule has 0 aliphatic rings. The number of nitrogens with one attached hydrogen (secondary N) is 1. The summed E-state index contributed by atoms with van der Waals surface area (Å²) < 4.78 is 3.80. The minimum absolute atomic E-state index is 0.585. The number of aromatic amines is 1. The molecule has 0 unspecified atom stereocenters. The van der Waals surface area contributed by atoms with Gasteiger partial charge in [0.1, 0.15) is 0 Å². The van der Waals surface area contributed by atoms with Gasteiger partial charge in [-0.15, -0.1) is 0 Å². The van der Waals surface area contributed by atoms with Crippen LogP contribution in [-0.4, -0.2) is 19.9 Å². The molecule has 4 heterocycles. The Kier molecular flexibility index (Phi) is 2.64. The van der Waals surface area contributed by atoms with Crippen molar-refractivity contribution >= 4 is 11.2 Å². The number of fused-ring (bicyclic) bond motifs is 1. The summed E-state index contributed by atoms with van der Waals surface area (Å²) in [5.74, 6) is 1.35. The molecule has 21 heavy (non-hydrogen) atoms. The van der Waals surface area contributed by atoms with Crippen LogP contribution in [0.3, 0.4) is 0 Å². The number of aromatic nitrogens is 6. The summed E-state index contributed by atoms with van der Waals surface area (Å²) in [6.45, 7) is 0. The van der Waals surface area contributed by atoms with Crippen molar-refractivity contribution in [2.45, 2.75) is 0 Å². The molecule has 0 atom stereocenters. The zero-order valence-corrected chi connectivity index (χ0v) is 11.1. The van der Waals surface area contributed by atoms with Crippen LogP contribution in [0, 0.1) is 0 Å². The zero-order valence-electron chi connectivity index (χ0n) is 11.1. The topological polar surface area (TPSA) is 62.2 Å². The lowest BCUT2D eigenvalue weighted by Gasteiger charge is -1.97. The fraction of sp³-hybridized carbons (Fsp3) is 0. The van der Waals surface area contributed by atoms with Crippen LogP contribution in [0.15, 0.2) is 67.5 Å². The van der Waals surface area contributed by atoms with Crippen molar-refractivity contribution in [3.05, 3.63) is 67.5 Å². The number of H-pyrrole nitrogens is 1. The van der Waals surface area contributed by atoms with E-state index in [2.05, 4.69) is 19.9 Å². The van der Waals surface area contributed by atoms with E-state index in [1.165, 1.54) is 0 Å². The van der Waals surface area contributed by atoms with Crippen LogP contribution in [0.2, 0.25) is 0 Å². The Hall–Kier alpha value is -3.15. The van der Waals surface area contributed by atoms with Crippen LogP contribution in [0.1, 0.15) is 0 Å². The number of pyridine rings is 2. The van der Waals surface area contributed by atoms with E-state index in [-0.39, 0.29) is 0 Å². The van der Waals surface area contributed by atoms with E-state index in [0.29, 0.717) is 11.6 Å². The molecule has 6 nitrogen and oxygen atoms in total. The third-order valence-electron chi connectivity index (χ3n) is 3.16. The first-order chi connectivity index (χ1) is 10.4. The number of nitrogens with zero attached hydrogens (tertiary/aromatic N) is 5. The molecule has 4 rings (SSSR count). The van der Waals surface area contributed by atoms with Crippen molar-refractivity contribution in [1.29, 1.82) is 0 Å².